The van der Waals surface area contributed by atoms with E-state index in [9.17, 15) is 0 Å². The van der Waals surface area contributed by atoms with E-state index in [1.165, 1.54) is 16.8 Å². The predicted octanol–water partition coefficient (Wildman–Crippen LogP) is 4.05. The van der Waals surface area contributed by atoms with E-state index < -0.39 is 0 Å². The molecule has 0 spiro atoms. The first-order chi connectivity index (χ1) is 7.74. The number of hydrogen-bond acceptors (Lipinski definition) is 1. The van der Waals surface area contributed by atoms with Gasteiger partial charge in [0.05, 0.1) is 5.52 Å². The molecule has 16 heavy (non-hydrogen) atoms. The summed E-state index contributed by atoms with van der Waals surface area (Å²) in [7, 11) is 0. The largest absolute Gasteiger partial charge is 0.238 e. The summed E-state index contributed by atoms with van der Waals surface area (Å²) in [5.41, 5.74) is 3.90. The molecule has 0 amide bonds. The van der Waals surface area contributed by atoms with Gasteiger partial charge in [-0.3, -0.25) is 0 Å². The van der Waals surface area contributed by atoms with Gasteiger partial charge >= 0.3 is 0 Å². The molecule has 2 aromatic heterocycles. The number of pyridine rings is 1. The van der Waals surface area contributed by atoms with Gasteiger partial charge in [0.25, 0.3) is 0 Å². The van der Waals surface area contributed by atoms with Crippen molar-refractivity contribution in [2.75, 3.05) is 0 Å². The van der Waals surface area contributed by atoms with Gasteiger partial charge in [0.15, 0.2) is 0 Å². The Bertz CT molecular complexity index is 441. The van der Waals surface area contributed by atoms with Crippen molar-refractivity contribution in [3.05, 3.63) is 35.7 Å². The number of fused-ring (bicyclic) bond motifs is 1. The van der Waals surface area contributed by atoms with Gasteiger partial charge in [0.1, 0.15) is 0 Å². The summed E-state index contributed by atoms with van der Waals surface area (Å²) in [6, 6.07) is 6.49. The first-order valence-electron chi connectivity index (χ1n) is 6.19. The van der Waals surface area contributed by atoms with Gasteiger partial charge < -0.3 is 0 Å². The maximum absolute atomic E-state index is 4.35. The predicted molar refractivity (Wildman–Crippen MR) is 70.0 cm³/mol. The molecule has 2 heterocycles. The van der Waals surface area contributed by atoms with Crippen LogP contribution in [0, 0.1) is 0 Å². The lowest BCUT2D eigenvalue weighted by atomic mass is 10.0. The second-order valence-electron chi connectivity index (χ2n) is 3.92. The van der Waals surface area contributed by atoms with Crippen molar-refractivity contribution >= 4 is 5.52 Å². The quantitative estimate of drug-likeness (QED) is 0.743. The van der Waals surface area contributed by atoms with E-state index in [1.54, 1.807) is 0 Å². The highest BCUT2D eigenvalue weighted by Crippen LogP contribution is 2.21. The lowest BCUT2D eigenvalue weighted by Crippen LogP contribution is -2.00. The molecule has 0 atom stereocenters. The normalized spacial score (nSPS) is 10.4. The van der Waals surface area contributed by atoms with E-state index in [0.717, 1.165) is 6.42 Å². The third kappa shape index (κ3) is 2.26. The summed E-state index contributed by atoms with van der Waals surface area (Å²) in [6.07, 6.45) is 2.90. The zero-order valence-electron chi connectivity index (χ0n) is 11.0. The minimum atomic E-state index is 0.556. The third-order valence-electron chi connectivity index (χ3n) is 2.65. The van der Waals surface area contributed by atoms with Crippen molar-refractivity contribution in [2.45, 2.75) is 47.0 Å². The van der Waals surface area contributed by atoms with Crippen molar-refractivity contribution in [1.82, 2.24) is 9.61 Å². The van der Waals surface area contributed by atoms with E-state index in [0.29, 0.717) is 5.92 Å². The molecule has 2 rings (SSSR count). The van der Waals surface area contributed by atoms with Crippen LogP contribution in [0.1, 0.15) is 51.8 Å². The standard InChI is InChI=1S/C12H16N2.C2H6/c1-4-10-5-6-11(9(2)3)12-7-8-13-14(10)12;1-2/h5-9H,4H2,1-3H3;1-2H3. The Morgan fingerprint density at radius 2 is 1.88 bits per heavy atom. The van der Waals surface area contributed by atoms with Crippen LogP contribution in [0.5, 0.6) is 0 Å². The molecule has 0 aliphatic carbocycles. The fourth-order valence-electron chi connectivity index (χ4n) is 1.85. The molecule has 2 heteroatoms. The molecule has 2 nitrogen and oxygen atoms in total. The highest BCUT2D eigenvalue weighted by atomic mass is 15.2. The summed E-state index contributed by atoms with van der Waals surface area (Å²) in [5, 5.41) is 4.35. The maximum Gasteiger partial charge on any atom is 0.0699 e. The van der Waals surface area contributed by atoms with Crippen LogP contribution in [0.15, 0.2) is 24.4 Å². The Morgan fingerprint density at radius 1 is 1.19 bits per heavy atom. The second-order valence-corrected chi connectivity index (χ2v) is 3.92. The van der Waals surface area contributed by atoms with Gasteiger partial charge in [0.2, 0.25) is 0 Å². The van der Waals surface area contributed by atoms with E-state index in [1.807, 2.05) is 20.0 Å². The highest BCUT2D eigenvalue weighted by Gasteiger charge is 2.07. The lowest BCUT2D eigenvalue weighted by Gasteiger charge is -2.10. The Balaban J connectivity index is 0.000000606. The van der Waals surface area contributed by atoms with Crippen LogP contribution in [-0.2, 0) is 6.42 Å². The number of hydrogen-bond donors (Lipinski definition) is 0. The van der Waals surface area contributed by atoms with Crippen molar-refractivity contribution in [1.29, 1.82) is 0 Å². The molecule has 0 aliphatic heterocycles. The van der Waals surface area contributed by atoms with Gasteiger partial charge in [0, 0.05) is 11.9 Å². The molecule has 0 saturated carbocycles. The van der Waals surface area contributed by atoms with Crippen LogP contribution in [0.25, 0.3) is 5.52 Å². The van der Waals surface area contributed by atoms with Crippen LogP contribution in [0.4, 0.5) is 0 Å². The summed E-state index contributed by atoms with van der Waals surface area (Å²) in [4.78, 5) is 0. The minimum absolute atomic E-state index is 0.556. The SMILES string of the molecule is CC.CCc1ccc(C(C)C)c2ccnn12. The average molecular weight is 218 g/mol. The summed E-state index contributed by atoms with van der Waals surface area (Å²) in [6.45, 7) is 10.6. The van der Waals surface area contributed by atoms with Crippen molar-refractivity contribution < 1.29 is 0 Å². The fraction of sp³-hybridized carbons (Fsp3) is 0.500. The Morgan fingerprint density at radius 3 is 2.44 bits per heavy atom. The molecule has 0 aromatic carbocycles. The molecule has 0 saturated heterocycles. The average Bonchev–Trinajstić information content (AvgIpc) is 2.78. The molecule has 0 N–H and O–H groups in total. The molecule has 0 bridgehead atoms. The van der Waals surface area contributed by atoms with E-state index in [2.05, 4.69) is 48.6 Å². The van der Waals surface area contributed by atoms with Crippen LogP contribution in [0.2, 0.25) is 0 Å². The molecular weight excluding hydrogens is 196 g/mol. The molecule has 0 unspecified atom stereocenters. The zero-order valence-corrected chi connectivity index (χ0v) is 11.0. The Hall–Kier alpha value is -1.31. The molecule has 0 fully saturated rings. The number of nitrogens with zero attached hydrogens (tertiary/aromatic N) is 2. The first kappa shape index (κ1) is 12.8. The number of aryl methyl sites for hydroxylation is 1. The molecule has 88 valence electrons. The van der Waals surface area contributed by atoms with Gasteiger partial charge in [-0.25, -0.2) is 4.52 Å². The van der Waals surface area contributed by atoms with Crippen molar-refractivity contribution in [3.8, 4) is 0 Å². The molecule has 0 radical (unpaired) electrons. The van der Waals surface area contributed by atoms with Crippen LogP contribution < -0.4 is 0 Å². The van der Waals surface area contributed by atoms with Gasteiger partial charge in [-0.1, -0.05) is 40.7 Å². The van der Waals surface area contributed by atoms with Gasteiger partial charge in [-0.05, 0) is 30.0 Å². The maximum atomic E-state index is 4.35. The second kappa shape index (κ2) is 5.69. The summed E-state index contributed by atoms with van der Waals surface area (Å²) < 4.78 is 2.05. The summed E-state index contributed by atoms with van der Waals surface area (Å²) in [5.74, 6) is 0.556. The van der Waals surface area contributed by atoms with Gasteiger partial charge in [-0.15, -0.1) is 0 Å². The molecule has 0 aliphatic rings. The topological polar surface area (TPSA) is 17.3 Å². The third-order valence-corrected chi connectivity index (χ3v) is 2.65. The fourth-order valence-corrected chi connectivity index (χ4v) is 1.85. The smallest absolute Gasteiger partial charge is 0.0699 e. The van der Waals surface area contributed by atoms with Crippen molar-refractivity contribution in [3.63, 3.8) is 0 Å². The molecular formula is C14H22N2. The number of rotatable bonds is 2. The number of aromatic nitrogens is 2. The Labute approximate surface area is 98.3 Å². The highest BCUT2D eigenvalue weighted by molar-refractivity contribution is 5.56. The van der Waals surface area contributed by atoms with Crippen molar-refractivity contribution in [2.24, 2.45) is 0 Å². The minimum Gasteiger partial charge on any atom is -0.238 e. The zero-order chi connectivity index (χ0) is 12.1. The van der Waals surface area contributed by atoms with E-state index in [-0.39, 0.29) is 0 Å². The van der Waals surface area contributed by atoms with E-state index in [4.69, 9.17) is 0 Å². The van der Waals surface area contributed by atoms with E-state index >= 15 is 0 Å². The van der Waals surface area contributed by atoms with Crippen LogP contribution in [-0.4, -0.2) is 9.61 Å². The molecule has 2 aromatic rings. The van der Waals surface area contributed by atoms with Crippen LogP contribution in [0.3, 0.4) is 0 Å². The first-order valence-corrected chi connectivity index (χ1v) is 6.19. The Kier molecular flexibility index (Phi) is 4.53. The van der Waals surface area contributed by atoms with Gasteiger partial charge in [-0.2, -0.15) is 5.10 Å². The monoisotopic (exact) mass is 218 g/mol. The van der Waals surface area contributed by atoms with Crippen LogP contribution >= 0.6 is 0 Å². The lowest BCUT2D eigenvalue weighted by molar-refractivity contribution is 0.823. The summed E-state index contributed by atoms with van der Waals surface area (Å²) >= 11 is 0.